The molecule has 266 valence electrons. The van der Waals surface area contributed by atoms with Crippen molar-refractivity contribution in [2.24, 2.45) is 9.98 Å². The molecule has 0 unspecified atom stereocenters. The van der Waals surface area contributed by atoms with Gasteiger partial charge in [-0.2, -0.15) is 0 Å². The lowest BCUT2D eigenvalue weighted by molar-refractivity contribution is 0.304. The highest BCUT2D eigenvalue weighted by molar-refractivity contribution is 9.10. The maximum absolute atomic E-state index is 5.94. The summed E-state index contributed by atoms with van der Waals surface area (Å²) in [5.41, 5.74) is 4.02. The maximum atomic E-state index is 5.94. The average Bonchev–Trinajstić information content (AvgIpc) is 3.14. The molecule has 0 radical (unpaired) electrons. The summed E-state index contributed by atoms with van der Waals surface area (Å²) in [6.45, 7) is 1.57. The highest BCUT2D eigenvalue weighted by atomic mass is 79.9. The van der Waals surface area contributed by atoms with E-state index in [4.69, 9.17) is 9.47 Å². The zero-order valence-corrected chi connectivity index (χ0v) is 33.8. The van der Waals surface area contributed by atoms with Crippen LogP contribution in [0.1, 0.15) is 88.2 Å². The molecule has 0 aliphatic rings. The van der Waals surface area contributed by atoms with Gasteiger partial charge in [0.1, 0.15) is 11.5 Å². The van der Waals surface area contributed by atoms with Crippen LogP contribution >= 0.6 is 53.4 Å². The van der Waals surface area contributed by atoms with Crippen LogP contribution in [0.3, 0.4) is 0 Å². The summed E-state index contributed by atoms with van der Waals surface area (Å²) in [4.78, 5) is 9.05. The zero-order valence-electron chi connectivity index (χ0n) is 29.0. The van der Waals surface area contributed by atoms with E-state index in [1.54, 1.807) is 0 Å². The Bertz CT molecular complexity index is 1400. The number of hydrogen-bond acceptors (Lipinski definition) is 6. The molecule has 0 aromatic heterocycles. The largest absolute Gasteiger partial charge is 0.494 e. The van der Waals surface area contributed by atoms with Crippen molar-refractivity contribution in [3.8, 4) is 11.5 Å². The highest BCUT2D eigenvalue weighted by Crippen LogP contribution is 2.25. The molecule has 0 bridgehead atoms. The van der Waals surface area contributed by atoms with Gasteiger partial charge >= 0.3 is 0 Å². The molecule has 0 spiro atoms. The molecule has 0 aliphatic heterocycles. The van der Waals surface area contributed by atoms with Crippen LogP contribution in [0.25, 0.3) is 0 Å². The Balaban J connectivity index is 0.864. The third-order valence-electron chi connectivity index (χ3n) is 8.00. The fourth-order valence-electron chi connectivity index (χ4n) is 5.09. The zero-order chi connectivity index (χ0) is 34.9. The van der Waals surface area contributed by atoms with Gasteiger partial charge in [0.25, 0.3) is 0 Å². The van der Waals surface area contributed by atoms with Crippen LogP contribution in [-0.2, 0) is 0 Å². The number of halogens is 2. The van der Waals surface area contributed by atoms with Gasteiger partial charge in [-0.3, -0.25) is 9.98 Å². The molecule has 4 rings (SSSR count). The van der Waals surface area contributed by atoms with E-state index in [9.17, 15) is 0 Å². The normalized spacial score (nSPS) is 11.5. The Kier molecular flexibility index (Phi) is 20.5. The van der Waals surface area contributed by atoms with E-state index >= 15 is 0 Å². The average molecular weight is 839 g/mol. The standard InChI is InChI=1S/C42H50Br2N2O2S2/c43-37-17-21-39(22-18-37)45-33-35-13-25-41(26-14-35)47-29-9-5-1-3-7-11-31-49-50-32-12-8-4-2-6-10-30-48-42-27-15-36(16-28-42)34-46-40-23-19-38(44)20-24-40/h13-28,33-34H,1-12,29-32H2. The van der Waals surface area contributed by atoms with Crippen LogP contribution < -0.4 is 9.47 Å². The second-order valence-electron chi connectivity index (χ2n) is 12.2. The molecule has 0 saturated carbocycles. The molecule has 0 fully saturated rings. The molecule has 0 saturated heterocycles. The van der Waals surface area contributed by atoms with Crippen LogP contribution in [0, 0.1) is 0 Å². The van der Waals surface area contributed by atoms with Crippen molar-refractivity contribution in [2.75, 3.05) is 24.7 Å². The minimum absolute atomic E-state index is 0.786. The smallest absolute Gasteiger partial charge is 0.119 e. The van der Waals surface area contributed by atoms with E-state index in [0.717, 1.165) is 69.0 Å². The van der Waals surface area contributed by atoms with Crippen LogP contribution in [0.15, 0.2) is 116 Å². The maximum Gasteiger partial charge on any atom is 0.119 e. The quantitative estimate of drug-likeness (QED) is 0.0379. The van der Waals surface area contributed by atoms with Gasteiger partial charge in [-0.25, -0.2) is 0 Å². The molecule has 4 aromatic rings. The Morgan fingerprint density at radius 2 is 0.760 bits per heavy atom. The Morgan fingerprint density at radius 3 is 1.14 bits per heavy atom. The van der Waals surface area contributed by atoms with Crippen LogP contribution in [0.5, 0.6) is 11.5 Å². The van der Waals surface area contributed by atoms with E-state index < -0.39 is 0 Å². The molecular formula is C42H50Br2N2O2S2. The number of nitrogens with zero attached hydrogens (tertiary/aromatic N) is 2. The predicted octanol–water partition coefficient (Wildman–Crippen LogP) is 14.2. The first-order chi connectivity index (χ1) is 24.6. The minimum Gasteiger partial charge on any atom is -0.494 e. The van der Waals surface area contributed by atoms with Crippen LogP contribution in [-0.4, -0.2) is 37.1 Å². The third kappa shape index (κ3) is 18.1. The van der Waals surface area contributed by atoms with Gasteiger partial charge in [-0.1, -0.05) is 105 Å². The Morgan fingerprint density at radius 1 is 0.420 bits per heavy atom. The summed E-state index contributed by atoms with van der Waals surface area (Å²) in [6.07, 6.45) is 19.1. The van der Waals surface area contributed by atoms with Crippen LogP contribution in [0.4, 0.5) is 11.4 Å². The number of aliphatic imine (C=N–C) groups is 2. The summed E-state index contributed by atoms with van der Waals surface area (Å²) < 4.78 is 14.0. The molecule has 0 N–H and O–H groups in total. The SMILES string of the molecule is Brc1ccc(N=Cc2ccc(OCCCCCCCCSSCCCCCCCCOc3ccc(C=Nc4ccc(Br)cc4)cc3)cc2)cc1. The third-order valence-corrected chi connectivity index (χ3v) is 11.6. The summed E-state index contributed by atoms with van der Waals surface area (Å²) in [7, 11) is 4.13. The van der Waals surface area contributed by atoms with Crippen molar-refractivity contribution in [3.63, 3.8) is 0 Å². The minimum atomic E-state index is 0.786. The first kappa shape index (κ1) is 40.3. The molecule has 4 nitrogen and oxygen atoms in total. The summed E-state index contributed by atoms with van der Waals surface area (Å²) in [6, 6.07) is 32.3. The van der Waals surface area contributed by atoms with Gasteiger partial charge in [0.15, 0.2) is 0 Å². The second-order valence-corrected chi connectivity index (χ2v) is 16.7. The first-order valence-corrected chi connectivity index (χ1v) is 22.0. The Labute approximate surface area is 325 Å². The van der Waals surface area contributed by atoms with Crippen LogP contribution in [0.2, 0.25) is 0 Å². The van der Waals surface area contributed by atoms with Crippen molar-refractivity contribution in [1.29, 1.82) is 0 Å². The lowest BCUT2D eigenvalue weighted by Gasteiger charge is -2.07. The Hall–Kier alpha value is -2.52. The molecule has 0 amide bonds. The van der Waals surface area contributed by atoms with Gasteiger partial charge in [0, 0.05) is 32.9 Å². The summed E-state index contributed by atoms with van der Waals surface area (Å²) in [5, 5.41) is 0. The van der Waals surface area contributed by atoms with E-state index in [0.29, 0.717) is 0 Å². The number of unbranched alkanes of at least 4 members (excludes halogenated alkanes) is 10. The van der Waals surface area contributed by atoms with Gasteiger partial charge in [-0.05, 0) is 134 Å². The van der Waals surface area contributed by atoms with Gasteiger partial charge in [-0.15, -0.1) is 0 Å². The lowest BCUT2D eigenvalue weighted by Crippen LogP contribution is -1.97. The van der Waals surface area contributed by atoms with Gasteiger partial charge < -0.3 is 9.47 Å². The first-order valence-electron chi connectivity index (χ1n) is 17.9. The molecule has 0 aliphatic carbocycles. The van der Waals surface area contributed by atoms with Crippen molar-refractivity contribution >= 4 is 77.3 Å². The van der Waals surface area contributed by atoms with Crippen molar-refractivity contribution in [1.82, 2.24) is 0 Å². The number of ether oxygens (including phenoxy) is 2. The topological polar surface area (TPSA) is 43.2 Å². The monoisotopic (exact) mass is 836 g/mol. The fourth-order valence-corrected chi connectivity index (χ4v) is 7.91. The molecule has 8 heteroatoms. The second kappa shape index (κ2) is 25.4. The predicted molar refractivity (Wildman–Crippen MR) is 227 cm³/mol. The fraction of sp³-hybridized carbons (Fsp3) is 0.381. The number of benzene rings is 4. The number of hydrogen-bond donors (Lipinski definition) is 0. The summed E-state index contributed by atoms with van der Waals surface area (Å²) in [5.74, 6) is 4.42. The molecule has 0 heterocycles. The van der Waals surface area contributed by atoms with Crippen molar-refractivity contribution in [3.05, 3.63) is 117 Å². The van der Waals surface area contributed by atoms with E-state index in [1.165, 1.54) is 75.7 Å². The van der Waals surface area contributed by atoms with E-state index in [2.05, 4.69) is 87.7 Å². The number of rotatable bonds is 25. The molecule has 4 aromatic carbocycles. The van der Waals surface area contributed by atoms with Crippen molar-refractivity contribution < 1.29 is 9.47 Å². The molecule has 0 atom stereocenters. The van der Waals surface area contributed by atoms with Crippen molar-refractivity contribution in [2.45, 2.75) is 77.0 Å². The molecular weight excluding hydrogens is 788 g/mol. The van der Waals surface area contributed by atoms with E-state index in [1.807, 2.05) is 85.2 Å². The summed E-state index contributed by atoms with van der Waals surface area (Å²) >= 11 is 6.90. The highest BCUT2D eigenvalue weighted by Gasteiger charge is 1.99. The van der Waals surface area contributed by atoms with E-state index in [-0.39, 0.29) is 0 Å². The van der Waals surface area contributed by atoms with Gasteiger partial charge in [0.05, 0.1) is 24.6 Å². The van der Waals surface area contributed by atoms with Gasteiger partial charge in [0.2, 0.25) is 0 Å². The lowest BCUT2D eigenvalue weighted by atomic mass is 10.1. The molecule has 50 heavy (non-hydrogen) atoms.